The average molecular weight is 285 g/mol. The zero-order valence-corrected chi connectivity index (χ0v) is 12.2. The van der Waals surface area contributed by atoms with Crippen LogP contribution in [-0.4, -0.2) is 17.4 Å². The quantitative estimate of drug-likeness (QED) is 0.507. The maximum Gasteiger partial charge on any atom is 0.186 e. The molecule has 2 N–H and O–H groups in total. The van der Waals surface area contributed by atoms with Gasteiger partial charge in [-0.05, 0) is 43.0 Å². The van der Waals surface area contributed by atoms with Crippen LogP contribution in [0.5, 0.6) is 0 Å². The Morgan fingerprint density at radius 1 is 1.30 bits per heavy atom. The van der Waals surface area contributed by atoms with E-state index in [1.807, 2.05) is 6.07 Å². The lowest BCUT2D eigenvalue weighted by Gasteiger charge is -2.31. The smallest absolute Gasteiger partial charge is 0.186 e. The summed E-state index contributed by atoms with van der Waals surface area (Å²) in [5, 5.41) is 8.21. The first kappa shape index (κ1) is 13.3. The van der Waals surface area contributed by atoms with Crippen molar-refractivity contribution < 1.29 is 0 Å². The minimum atomic E-state index is 0.564. The number of fused-ring (bicyclic) bond motifs is 1. The van der Waals surface area contributed by atoms with E-state index in [1.54, 1.807) is 0 Å². The predicted octanol–water partition coefficient (Wildman–Crippen LogP) is 2.65. The summed E-state index contributed by atoms with van der Waals surface area (Å²) < 4.78 is 0. The molecule has 4 heteroatoms. The second-order valence-corrected chi connectivity index (χ2v) is 5.77. The summed E-state index contributed by atoms with van der Waals surface area (Å²) in [6, 6.07) is 10.4. The van der Waals surface area contributed by atoms with Crippen molar-refractivity contribution in [3.05, 3.63) is 48.0 Å². The molecule has 104 valence electrons. The van der Waals surface area contributed by atoms with Crippen LogP contribution in [0, 0.1) is 11.8 Å². The van der Waals surface area contributed by atoms with Crippen molar-refractivity contribution in [1.29, 1.82) is 0 Å². The Kier molecular flexibility index (Phi) is 4.11. The van der Waals surface area contributed by atoms with Crippen molar-refractivity contribution in [2.75, 3.05) is 6.54 Å². The van der Waals surface area contributed by atoms with Gasteiger partial charge < -0.3 is 5.32 Å². The van der Waals surface area contributed by atoms with Crippen LogP contribution in [0.1, 0.15) is 18.4 Å². The second-order valence-electron chi connectivity index (χ2n) is 5.36. The van der Waals surface area contributed by atoms with Crippen LogP contribution in [0.25, 0.3) is 0 Å². The largest absolute Gasteiger partial charge is 0.361 e. The molecule has 0 aliphatic heterocycles. The lowest BCUT2D eigenvalue weighted by Crippen LogP contribution is -2.38. The highest BCUT2D eigenvalue weighted by Crippen LogP contribution is 2.40. The first-order valence-corrected chi connectivity index (χ1v) is 7.54. The highest BCUT2D eigenvalue weighted by molar-refractivity contribution is 7.80. The molecule has 2 atom stereocenters. The highest BCUT2D eigenvalue weighted by Gasteiger charge is 2.37. The number of allylic oxidation sites excluding steroid dienone is 2. The summed E-state index contributed by atoms with van der Waals surface area (Å²) in [5.41, 5.74) is 5.50. The number of hydrogen-bond donors (Lipinski definition) is 2. The van der Waals surface area contributed by atoms with E-state index >= 15 is 0 Å². The van der Waals surface area contributed by atoms with Gasteiger partial charge in [-0.2, -0.15) is 5.10 Å². The summed E-state index contributed by atoms with van der Waals surface area (Å²) >= 11 is 5.23. The fourth-order valence-electron chi connectivity index (χ4n) is 2.79. The Bertz CT molecular complexity index is 536. The Hall–Kier alpha value is -1.68. The van der Waals surface area contributed by atoms with Gasteiger partial charge in [0.05, 0.1) is 0 Å². The summed E-state index contributed by atoms with van der Waals surface area (Å²) in [7, 11) is 0. The molecule has 0 bridgehead atoms. The minimum Gasteiger partial charge on any atom is -0.361 e. The zero-order valence-electron chi connectivity index (χ0n) is 11.4. The van der Waals surface area contributed by atoms with Gasteiger partial charge in [-0.1, -0.05) is 42.5 Å². The fourth-order valence-corrected chi connectivity index (χ4v) is 2.94. The van der Waals surface area contributed by atoms with Gasteiger partial charge in [-0.25, -0.2) is 0 Å². The van der Waals surface area contributed by atoms with Gasteiger partial charge in [-0.15, -0.1) is 0 Å². The lowest BCUT2D eigenvalue weighted by molar-refractivity contribution is 0.444. The Morgan fingerprint density at radius 2 is 2.15 bits per heavy atom. The number of nitrogens with zero attached hydrogens (tertiary/aromatic N) is 1. The molecule has 0 spiro atoms. The number of hydrogen-bond acceptors (Lipinski definition) is 2. The molecule has 0 radical (unpaired) electrons. The van der Waals surface area contributed by atoms with Crippen molar-refractivity contribution in [3.8, 4) is 0 Å². The van der Waals surface area contributed by atoms with Gasteiger partial charge in [0.2, 0.25) is 0 Å². The van der Waals surface area contributed by atoms with E-state index in [0.717, 1.165) is 25.3 Å². The molecule has 1 saturated carbocycles. The SMILES string of the molecule is S=C(NCCc1ccccc1)N/N=C1\CC2CC=CC12. The van der Waals surface area contributed by atoms with Crippen molar-refractivity contribution in [1.82, 2.24) is 10.7 Å². The number of hydrazone groups is 1. The van der Waals surface area contributed by atoms with Gasteiger partial charge in [0.15, 0.2) is 5.11 Å². The number of thiocarbonyl (C=S) groups is 1. The van der Waals surface area contributed by atoms with Crippen LogP contribution in [-0.2, 0) is 6.42 Å². The Labute approximate surface area is 125 Å². The van der Waals surface area contributed by atoms with Crippen molar-refractivity contribution >= 4 is 23.0 Å². The third kappa shape index (κ3) is 3.07. The molecule has 0 saturated heterocycles. The Morgan fingerprint density at radius 3 is 2.95 bits per heavy atom. The van der Waals surface area contributed by atoms with E-state index in [0.29, 0.717) is 11.0 Å². The maximum atomic E-state index is 5.23. The molecule has 2 unspecified atom stereocenters. The molecule has 0 heterocycles. The normalized spacial score (nSPS) is 25.1. The van der Waals surface area contributed by atoms with E-state index in [2.05, 4.69) is 52.3 Å². The van der Waals surface area contributed by atoms with Gasteiger partial charge in [0.25, 0.3) is 0 Å². The molecule has 0 amide bonds. The van der Waals surface area contributed by atoms with E-state index in [-0.39, 0.29) is 0 Å². The molecular weight excluding hydrogens is 266 g/mol. The number of rotatable bonds is 4. The summed E-state index contributed by atoms with van der Waals surface area (Å²) in [6.07, 6.45) is 7.81. The molecule has 1 aromatic rings. The standard InChI is InChI=1S/C16H19N3S/c20-16(17-10-9-12-5-2-1-3-6-12)19-18-15-11-13-7-4-8-14(13)15/h1-6,8,13-14H,7,9-11H2,(H2,17,19,20)/b18-15+. The molecule has 1 fully saturated rings. The van der Waals surface area contributed by atoms with Crippen LogP contribution in [0.3, 0.4) is 0 Å². The number of benzene rings is 1. The molecule has 3 nitrogen and oxygen atoms in total. The summed E-state index contributed by atoms with van der Waals surface area (Å²) in [5.74, 6) is 1.37. The fraction of sp³-hybridized carbons (Fsp3) is 0.375. The third-order valence-electron chi connectivity index (χ3n) is 3.99. The molecule has 3 rings (SSSR count). The molecule has 20 heavy (non-hydrogen) atoms. The maximum absolute atomic E-state index is 5.23. The molecule has 2 aliphatic carbocycles. The van der Waals surface area contributed by atoms with Crippen molar-refractivity contribution in [2.24, 2.45) is 16.9 Å². The summed E-state index contributed by atoms with van der Waals surface area (Å²) in [6.45, 7) is 0.826. The zero-order chi connectivity index (χ0) is 13.8. The molecule has 1 aromatic carbocycles. The Balaban J connectivity index is 1.38. The molecule has 2 aliphatic rings. The molecule has 0 aromatic heterocycles. The van der Waals surface area contributed by atoms with E-state index in [1.165, 1.54) is 17.7 Å². The van der Waals surface area contributed by atoms with Crippen LogP contribution < -0.4 is 10.7 Å². The van der Waals surface area contributed by atoms with E-state index < -0.39 is 0 Å². The number of nitrogens with one attached hydrogen (secondary N) is 2. The first-order chi connectivity index (χ1) is 9.83. The van der Waals surface area contributed by atoms with E-state index in [4.69, 9.17) is 12.2 Å². The monoisotopic (exact) mass is 285 g/mol. The van der Waals surface area contributed by atoms with Gasteiger partial charge in [0.1, 0.15) is 0 Å². The predicted molar refractivity (Wildman–Crippen MR) is 86.7 cm³/mol. The highest BCUT2D eigenvalue weighted by atomic mass is 32.1. The van der Waals surface area contributed by atoms with Crippen LogP contribution in [0.2, 0.25) is 0 Å². The minimum absolute atomic E-state index is 0.564. The van der Waals surface area contributed by atoms with Crippen LogP contribution in [0.15, 0.2) is 47.6 Å². The van der Waals surface area contributed by atoms with Gasteiger partial charge in [-0.3, -0.25) is 5.43 Å². The third-order valence-corrected chi connectivity index (χ3v) is 4.22. The topological polar surface area (TPSA) is 36.4 Å². The first-order valence-electron chi connectivity index (χ1n) is 7.14. The average Bonchev–Trinajstić information content (AvgIpc) is 2.82. The van der Waals surface area contributed by atoms with Crippen LogP contribution in [0.4, 0.5) is 0 Å². The van der Waals surface area contributed by atoms with E-state index in [9.17, 15) is 0 Å². The van der Waals surface area contributed by atoms with Crippen molar-refractivity contribution in [2.45, 2.75) is 19.3 Å². The lowest BCUT2D eigenvalue weighted by atomic mass is 9.74. The summed E-state index contributed by atoms with van der Waals surface area (Å²) in [4.78, 5) is 0. The van der Waals surface area contributed by atoms with Gasteiger partial charge >= 0.3 is 0 Å². The van der Waals surface area contributed by atoms with Gasteiger partial charge in [0, 0.05) is 18.2 Å². The molecular formula is C16H19N3S. The second kappa shape index (κ2) is 6.18. The van der Waals surface area contributed by atoms with Crippen LogP contribution >= 0.6 is 12.2 Å². The van der Waals surface area contributed by atoms with Crippen molar-refractivity contribution in [3.63, 3.8) is 0 Å².